The molecule has 1 unspecified atom stereocenters. The minimum atomic E-state index is -0.969. The normalized spacial score (nSPS) is 12.3. The number of para-hydroxylation sites is 1. The molecular weight excluding hydrogens is 370 g/mol. The molecule has 2 rings (SSSR count). The number of rotatable bonds is 8. The van der Waals surface area contributed by atoms with Gasteiger partial charge in [0.05, 0.1) is 0 Å². The lowest BCUT2D eigenvalue weighted by Crippen LogP contribution is -2.31. The monoisotopic (exact) mass is 401 g/mol. The summed E-state index contributed by atoms with van der Waals surface area (Å²) in [5, 5.41) is 5.74. The number of benzene rings is 2. The van der Waals surface area contributed by atoms with E-state index in [1.54, 1.807) is 0 Å². The van der Waals surface area contributed by atoms with E-state index in [0.717, 1.165) is 24.2 Å². The van der Waals surface area contributed by atoms with Crippen LogP contribution in [-0.4, -0.2) is 35.1 Å². The molecule has 0 heterocycles. The van der Waals surface area contributed by atoms with Gasteiger partial charge in [-0.05, 0) is 57.0 Å². The Morgan fingerprint density at radius 3 is 2.46 bits per heavy atom. The van der Waals surface area contributed by atoms with E-state index in [2.05, 4.69) is 27.7 Å². The highest BCUT2D eigenvalue weighted by atomic mass is 32.2. The van der Waals surface area contributed by atoms with Gasteiger partial charge in [0.1, 0.15) is 0 Å². The fourth-order valence-electron chi connectivity index (χ4n) is 2.61. The summed E-state index contributed by atoms with van der Waals surface area (Å²) in [6.45, 7) is 7.35. The average Bonchev–Trinajstić information content (AvgIpc) is 2.65. The molecule has 0 aliphatic carbocycles. The van der Waals surface area contributed by atoms with Gasteiger partial charge >= 0.3 is 6.03 Å². The highest BCUT2D eigenvalue weighted by molar-refractivity contribution is 7.85. The molecule has 152 valence electrons. The Morgan fingerprint density at radius 1 is 1.07 bits per heavy atom. The highest BCUT2D eigenvalue weighted by Gasteiger charge is 2.19. The van der Waals surface area contributed by atoms with Gasteiger partial charge in [-0.1, -0.05) is 30.3 Å². The second kappa shape index (κ2) is 10.3. The van der Waals surface area contributed by atoms with E-state index in [0.29, 0.717) is 18.0 Å². The molecule has 0 fully saturated rings. The molecule has 5 nitrogen and oxygen atoms in total. The molecule has 0 aliphatic heterocycles. The van der Waals surface area contributed by atoms with E-state index in [1.165, 1.54) is 0 Å². The van der Waals surface area contributed by atoms with Gasteiger partial charge in [0.2, 0.25) is 0 Å². The first-order chi connectivity index (χ1) is 13.3. The molecule has 0 radical (unpaired) electrons. The van der Waals surface area contributed by atoms with Crippen molar-refractivity contribution >= 4 is 28.2 Å². The number of amides is 2. The van der Waals surface area contributed by atoms with Gasteiger partial charge in [0.15, 0.2) is 0 Å². The number of hydrogen-bond donors (Lipinski definition) is 2. The third-order valence-corrected chi connectivity index (χ3v) is 6.28. The van der Waals surface area contributed by atoms with Gasteiger partial charge in [-0.3, -0.25) is 4.21 Å². The summed E-state index contributed by atoms with van der Waals surface area (Å²) in [6.07, 6.45) is 0.851. The molecule has 2 N–H and O–H groups in total. The van der Waals surface area contributed by atoms with Crippen molar-refractivity contribution in [1.29, 1.82) is 0 Å². The third-order valence-electron chi connectivity index (χ3n) is 4.32. The van der Waals surface area contributed by atoms with E-state index in [4.69, 9.17) is 0 Å². The van der Waals surface area contributed by atoms with Crippen LogP contribution in [0.2, 0.25) is 0 Å². The van der Waals surface area contributed by atoms with Crippen LogP contribution in [-0.2, 0) is 16.6 Å². The van der Waals surface area contributed by atoms with Gasteiger partial charge in [-0.2, -0.15) is 0 Å². The summed E-state index contributed by atoms with van der Waals surface area (Å²) in [5.74, 6) is 0.479. The molecule has 1 atom stereocenters. The van der Waals surface area contributed by atoms with Crippen LogP contribution in [0.3, 0.4) is 0 Å². The molecular formula is C22H31N3O2S. The number of carbonyl (C=O) groups is 1. The zero-order valence-electron chi connectivity index (χ0n) is 17.2. The number of nitrogens with one attached hydrogen (secondary N) is 2. The van der Waals surface area contributed by atoms with Gasteiger partial charge in [-0.25, -0.2) is 4.79 Å². The predicted octanol–water partition coefficient (Wildman–Crippen LogP) is 4.38. The number of urea groups is 1. The standard InChI is InChI=1S/C22H31N3O2S/c1-22(2,3)28(27)17-18-10-8-11-19(16-18)24-21(26)23-14-9-15-25(4)20-12-6-5-7-13-20/h5-8,10-13,16H,9,14-15,17H2,1-4H3,(H2,23,24,26). The van der Waals surface area contributed by atoms with Crippen LogP contribution in [0.15, 0.2) is 54.6 Å². The first kappa shape index (κ1) is 22.0. The molecule has 0 saturated carbocycles. The fraction of sp³-hybridized carbons (Fsp3) is 0.409. The van der Waals surface area contributed by atoms with Crippen molar-refractivity contribution in [2.45, 2.75) is 37.7 Å². The molecule has 0 aromatic heterocycles. The molecule has 2 aromatic carbocycles. The summed E-state index contributed by atoms with van der Waals surface area (Å²) in [4.78, 5) is 14.3. The van der Waals surface area contributed by atoms with Crippen molar-refractivity contribution in [3.63, 3.8) is 0 Å². The molecule has 2 aromatic rings. The van der Waals surface area contributed by atoms with Crippen molar-refractivity contribution in [3.05, 3.63) is 60.2 Å². The molecule has 0 saturated heterocycles. The number of hydrogen-bond acceptors (Lipinski definition) is 3. The van der Waals surface area contributed by atoms with E-state index in [9.17, 15) is 9.00 Å². The van der Waals surface area contributed by atoms with E-state index in [-0.39, 0.29) is 10.8 Å². The van der Waals surface area contributed by atoms with Crippen LogP contribution in [0, 0.1) is 0 Å². The van der Waals surface area contributed by atoms with E-state index < -0.39 is 10.8 Å². The van der Waals surface area contributed by atoms with Crippen LogP contribution in [0.4, 0.5) is 16.2 Å². The lowest BCUT2D eigenvalue weighted by Gasteiger charge is -2.19. The Balaban J connectivity index is 1.75. The highest BCUT2D eigenvalue weighted by Crippen LogP contribution is 2.18. The third kappa shape index (κ3) is 7.35. The summed E-state index contributed by atoms with van der Waals surface area (Å²) in [6, 6.07) is 17.5. The van der Waals surface area contributed by atoms with Crippen molar-refractivity contribution < 1.29 is 9.00 Å². The quantitative estimate of drug-likeness (QED) is 0.645. The molecule has 0 aliphatic rings. The van der Waals surface area contributed by atoms with Crippen molar-refractivity contribution in [2.24, 2.45) is 0 Å². The Kier molecular flexibility index (Phi) is 8.05. The van der Waals surface area contributed by atoms with Gasteiger partial charge in [0, 0.05) is 52.8 Å². The predicted molar refractivity (Wildman–Crippen MR) is 119 cm³/mol. The Morgan fingerprint density at radius 2 is 1.79 bits per heavy atom. The second-order valence-electron chi connectivity index (χ2n) is 7.79. The maximum atomic E-state index is 12.3. The van der Waals surface area contributed by atoms with Gasteiger partial charge in [-0.15, -0.1) is 0 Å². The van der Waals surface area contributed by atoms with Crippen LogP contribution >= 0.6 is 0 Å². The van der Waals surface area contributed by atoms with Gasteiger partial charge < -0.3 is 15.5 Å². The van der Waals surface area contributed by atoms with Crippen molar-refractivity contribution in [1.82, 2.24) is 5.32 Å². The summed E-state index contributed by atoms with van der Waals surface area (Å²) in [5.41, 5.74) is 2.83. The largest absolute Gasteiger partial charge is 0.375 e. The van der Waals surface area contributed by atoms with Crippen molar-refractivity contribution in [2.75, 3.05) is 30.4 Å². The summed E-state index contributed by atoms with van der Waals surface area (Å²) < 4.78 is 12.1. The average molecular weight is 402 g/mol. The fourth-order valence-corrected chi connectivity index (χ4v) is 3.53. The van der Waals surface area contributed by atoms with E-state index >= 15 is 0 Å². The first-order valence-corrected chi connectivity index (χ1v) is 10.9. The zero-order valence-corrected chi connectivity index (χ0v) is 18.0. The van der Waals surface area contributed by atoms with E-state index in [1.807, 2.05) is 70.3 Å². The molecule has 6 heteroatoms. The number of carbonyl (C=O) groups excluding carboxylic acids is 1. The SMILES string of the molecule is CN(CCCNC(=O)Nc1cccc(CS(=O)C(C)(C)C)c1)c1ccccc1. The van der Waals surface area contributed by atoms with Crippen LogP contribution < -0.4 is 15.5 Å². The number of nitrogens with zero attached hydrogens (tertiary/aromatic N) is 1. The summed E-state index contributed by atoms with van der Waals surface area (Å²) >= 11 is 0. The maximum Gasteiger partial charge on any atom is 0.319 e. The Bertz CT molecular complexity index is 788. The van der Waals surface area contributed by atoms with Crippen LogP contribution in [0.25, 0.3) is 0 Å². The zero-order chi connectivity index (χ0) is 20.6. The topological polar surface area (TPSA) is 61.4 Å². The lowest BCUT2D eigenvalue weighted by atomic mass is 10.2. The lowest BCUT2D eigenvalue weighted by molar-refractivity contribution is 0.252. The van der Waals surface area contributed by atoms with Crippen molar-refractivity contribution in [3.8, 4) is 0 Å². The smallest absolute Gasteiger partial charge is 0.319 e. The molecule has 0 spiro atoms. The summed E-state index contributed by atoms with van der Waals surface area (Å²) in [7, 11) is 1.08. The molecule has 0 bridgehead atoms. The molecule has 28 heavy (non-hydrogen) atoms. The number of anilines is 2. The van der Waals surface area contributed by atoms with Crippen LogP contribution in [0.5, 0.6) is 0 Å². The minimum Gasteiger partial charge on any atom is -0.375 e. The van der Waals surface area contributed by atoms with Gasteiger partial charge in [0.25, 0.3) is 0 Å². The minimum absolute atomic E-state index is 0.226. The second-order valence-corrected chi connectivity index (χ2v) is 10.00. The maximum absolute atomic E-state index is 12.3. The Hall–Kier alpha value is -2.34. The molecule has 2 amide bonds. The van der Waals surface area contributed by atoms with Crippen LogP contribution in [0.1, 0.15) is 32.8 Å². The Labute approximate surface area is 171 Å². The first-order valence-electron chi connectivity index (χ1n) is 9.54.